The molecule has 0 N–H and O–H groups in total. The molecular formula is C27H57O4P. The van der Waals surface area contributed by atoms with Crippen LogP contribution in [0, 0.1) is 17.8 Å². The summed E-state index contributed by atoms with van der Waals surface area (Å²) in [5.74, 6) is 1.29. The summed E-state index contributed by atoms with van der Waals surface area (Å²) in [4.78, 5) is 0. The standard InChI is InChI=1S/C27H57O4P/c1-13-25(14-2,19-22(7)8)29-32(28,30-26(15-3,16-4)20-23(9)10)31-27(17-5,18-6)21-24(11)12/h22-24H,13-21H2,1-12H3. The molecule has 0 saturated carbocycles. The summed E-state index contributed by atoms with van der Waals surface area (Å²) in [6.07, 6.45) is 7.19. The second-order valence-corrected chi connectivity index (χ2v) is 12.6. The number of rotatable bonds is 18. The van der Waals surface area contributed by atoms with E-state index in [-0.39, 0.29) is 0 Å². The number of hydrogen-bond acceptors (Lipinski definition) is 4. The van der Waals surface area contributed by atoms with Gasteiger partial charge in [-0.05, 0) is 75.5 Å². The molecule has 0 aliphatic heterocycles. The molecule has 0 unspecified atom stereocenters. The lowest BCUT2D eigenvalue weighted by atomic mass is 9.88. The van der Waals surface area contributed by atoms with Gasteiger partial charge < -0.3 is 0 Å². The second-order valence-electron chi connectivity index (χ2n) is 11.2. The maximum atomic E-state index is 14.7. The van der Waals surface area contributed by atoms with Gasteiger partial charge in [-0.3, -0.25) is 13.6 Å². The van der Waals surface area contributed by atoms with Gasteiger partial charge in [0.2, 0.25) is 0 Å². The highest BCUT2D eigenvalue weighted by Gasteiger charge is 2.49. The molecule has 0 fully saturated rings. The lowest BCUT2D eigenvalue weighted by Crippen LogP contribution is -2.40. The third-order valence-corrected chi connectivity index (χ3v) is 8.96. The molecule has 4 nitrogen and oxygen atoms in total. The van der Waals surface area contributed by atoms with Gasteiger partial charge in [-0.15, -0.1) is 0 Å². The molecule has 0 bridgehead atoms. The molecule has 0 aromatic rings. The average Bonchev–Trinajstić information content (AvgIpc) is 2.70. The first kappa shape index (κ1) is 32.1. The van der Waals surface area contributed by atoms with E-state index in [1.807, 2.05) is 0 Å². The van der Waals surface area contributed by atoms with Gasteiger partial charge in [-0.25, -0.2) is 4.57 Å². The van der Waals surface area contributed by atoms with E-state index >= 15 is 0 Å². The molecule has 0 atom stereocenters. The molecule has 0 aliphatic rings. The molecule has 0 spiro atoms. The summed E-state index contributed by atoms with van der Waals surface area (Å²) in [5.41, 5.74) is -1.54. The number of hydrogen-bond donors (Lipinski definition) is 0. The summed E-state index contributed by atoms with van der Waals surface area (Å²) in [7, 11) is -3.85. The summed E-state index contributed by atoms with van der Waals surface area (Å²) in [5, 5.41) is 0. The van der Waals surface area contributed by atoms with Crippen molar-refractivity contribution < 1.29 is 18.1 Å². The van der Waals surface area contributed by atoms with E-state index < -0.39 is 24.6 Å². The zero-order chi connectivity index (χ0) is 25.2. The van der Waals surface area contributed by atoms with Crippen molar-refractivity contribution in [1.82, 2.24) is 0 Å². The maximum absolute atomic E-state index is 14.7. The maximum Gasteiger partial charge on any atom is 0.476 e. The predicted molar refractivity (Wildman–Crippen MR) is 139 cm³/mol. The molecule has 5 heteroatoms. The minimum absolute atomic E-state index is 0.430. The van der Waals surface area contributed by atoms with Crippen molar-refractivity contribution in [3.05, 3.63) is 0 Å². The first-order valence-corrected chi connectivity index (χ1v) is 14.9. The van der Waals surface area contributed by atoms with Crippen molar-refractivity contribution in [3.63, 3.8) is 0 Å². The van der Waals surface area contributed by atoms with Crippen LogP contribution < -0.4 is 0 Å². The van der Waals surface area contributed by atoms with Gasteiger partial charge in [0.1, 0.15) is 0 Å². The van der Waals surface area contributed by atoms with Crippen LogP contribution in [0.15, 0.2) is 0 Å². The molecule has 32 heavy (non-hydrogen) atoms. The molecule has 0 saturated heterocycles. The van der Waals surface area contributed by atoms with Gasteiger partial charge in [0.25, 0.3) is 0 Å². The van der Waals surface area contributed by atoms with Crippen LogP contribution in [-0.4, -0.2) is 16.8 Å². The van der Waals surface area contributed by atoms with Gasteiger partial charge >= 0.3 is 7.82 Å². The lowest BCUT2D eigenvalue weighted by molar-refractivity contribution is -0.0877. The molecule has 0 aromatic heterocycles. The Morgan fingerprint density at radius 1 is 0.500 bits per heavy atom. The van der Waals surface area contributed by atoms with Crippen LogP contribution in [0.2, 0.25) is 0 Å². The summed E-state index contributed by atoms with van der Waals surface area (Å²) in [6.45, 7) is 25.9. The Kier molecular flexibility index (Phi) is 13.9. The zero-order valence-electron chi connectivity index (χ0n) is 23.7. The van der Waals surface area contributed by atoms with E-state index in [1.165, 1.54) is 0 Å². The molecule has 0 radical (unpaired) electrons. The van der Waals surface area contributed by atoms with Crippen molar-refractivity contribution >= 4 is 7.82 Å². The van der Waals surface area contributed by atoms with Gasteiger partial charge in [0.05, 0.1) is 16.8 Å². The summed E-state index contributed by atoms with van der Waals surface area (Å²) in [6, 6.07) is 0. The third kappa shape index (κ3) is 9.77. The van der Waals surface area contributed by atoms with Crippen molar-refractivity contribution in [1.29, 1.82) is 0 Å². The fourth-order valence-electron chi connectivity index (χ4n) is 5.11. The monoisotopic (exact) mass is 476 g/mol. The Labute approximate surface area is 201 Å². The van der Waals surface area contributed by atoms with E-state index in [9.17, 15) is 4.57 Å². The van der Waals surface area contributed by atoms with Crippen LogP contribution in [0.25, 0.3) is 0 Å². The van der Waals surface area contributed by atoms with Crippen LogP contribution in [0.4, 0.5) is 0 Å². The van der Waals surface area contributed by atoms with Crippen molar-refractivity contribution in [2.75, 3.05) is 0 Å². The number of phosphoric ester groups is 1. The van der Waals surface area contributed by atoms with E-state index in [2.05, 4.69) is 83.1 Å². The summed E-state index contributed by atoms with van der Waals surface area (Å²) < 4.78 is 34.6. The lowest BCUT2D eigenvalue weighted by Gasteiger charge is -2.44. The van der Waals surface area contributed by atoms with Crippen LogP contribution in [0.5, 0.6) is 0 Å². The Bertz CT molecular complexity index is 468. The van der Waals surface area contributed by atoms with Crippen LogP contribution in [0.1, 0.15) is 141 Å². The molecule has 0 aromatic carbocycles. The quantitative estimate of drug-likeness (QED) is 0.185. The predicted octanol–water partition coefficient (Wildman–Crippen LogP) is 9.96. The summed E-state index contributed by atoms with van der Waals surface area (Å²) >= 11 is 0. The highest BCUT2D eigenvalue weighted by molar-refractivity contribution is 7.48. The molecule has 0 amide bonds. The minimum atomic E-state index is -3.85. The van der Waals surface area contributed by atoms with Gasteiger partial charge in [-0.2, -0.15) is 0 Å². The van der Waals surface area contributed by atoms with E-state index in [0.29, 0.717) is 17.8 Å². The van der Waals surface area contributed by atoms with E-state index in [1.54, 1.807) is 0 Å². The Morgan fingerprint density at radius 3 is 0.812 bits per heavy atom. The average molecular weight is 477 g/mol. The molecule has 0 heterocycles. The SMILES string of the molecule is CCC(CC)(CC(C)C)OP(=O)(OC(CC)(CC)CC(C)C)OC(CC)(CC)CC(C)C. The molecule has 194 valence electrons. The Balaban J connectivity index is 6.50. The zero-order valence-corrected chi connectivity index (χ0v) is 24.6. The van der Waals surface area contributed by atoms with Crippen LogP contribution in [-0.2, 0) is 18.1 Å². The van der Waals surface area contributed by atoms with E-state index in [0.717, 1.165) is 57.8 Å². The van der Waals surface area contributed by atoms with Crippen LogP contribution in [0.3, 0.4) is 0 Å². The minimum Gasteiger partial charge on any atom is -0.280 e. The molecular weight excluding hydrogens is 419 g/mol. The second kappa shape index (κ2) is 13.9. The number of phosphoric acid groups is 1. The largest absolute Gasteiger partial charge is 0.476 e. The topological polar surface area (TPSA) is 44.8 Å². The third-order valence-electron chi connectivity index (χ3n) is 7.12. The van der Waals surface area contributed by atoms with Gasteiger partial charge in [0, 0.05) is 0 Å². The fraction of sp³-hybridized carbons (Fsp3) is 1.00. The fourth-order valence-corrected chi connectivity index (χ4v) is 7.65. The van der Waals surface area contributed by atoms with Gasteiger partial charge in [-0.1, -0.05) is 83.1 Å². The smallest absolute Gasteiger partial charge is 0.280 e. The molecule has 0 aliphatic carbocycles. The Hall–Kier alpha value is 0.110. The first-order chi connectivity index (χ1) is 14.7. The first-order valence-electron chi connectivity index (χ1n) is 13.5. The van der Waals surface area contributed by atoms with Crippen molar-refractivity contribution in [2.24, 2.45) is 17.8 Å². The van der Waals surface area contributed by atoms with Crippen LogP contribution >= 0.6 is 7.82 Å². The highest BCUT2D eigenvalue weighted by Crippen LogP contribution is 2.62. The highest BCUT2D eigenvalue weighted by atomic mass is 31.2. The van der Waals surface area contributed by atoms with E-state index in [4.69, 9.17) is 13.6 Å². The van der Waals surface area contributed by atoms with Crippen molar-refractivity contribution in [2.45, 2.75) is 158 Å². The normalized spacial score (nSPS) is 14.2. The Morgan fingerprint density at radius 2 is 0.688 bits per heavy atom. The molecule has 0 rings (SSSR count). The van der Waals surface area contributed by atoms with Gasteiger partial charge in [0.15, 0.2) is 0 Å². The van der Waals surface area contributed by atoms with Crippen molar-refractivity contribution in [3.8, 4) is 0 Å².